The molecule has 1 saturated carbocycles. The molecule has 2 aliphatic rings. The first-order valence-corrected chi connectivity index (χ1v) is 7.24. The highest BCUT2D eigenvalue weighted by Crippen LogP contribution is 2.37. The van der Waals surface area contributed by atoms with Crippen molar-refractivity contribution in [2.24, 2.45) is 5.92 Å². The molecule has 19 heavy (non-hydrogen) atoms. The largest absolute Gasteiger partial charge is 0.386 e. The number of hydrogen-bond donors (Lipinski definition) is 1. The van der Waals surface area contributed by atoms with Crippen LogP contribution in [-0.4, -0.2) is 35.4 Å². The summed E-state index contributed by atoms with van der Waals surface area (Å²) in [5.41, 5.74) is 1.58. The van der Waals surface area contributed by atoms with Crippen LogP contribution in [0.5, 0.6) is 0 Å². The molecule has 1 aliphatic carbocycles. The van der Waals surface area contributed by atoms with E-state index in [0.717, 1.165) is 23.7 Å². The van der Waals surface area contributed by atoms with Gasteiger partial charge in [-0.25, -0.2) is 0 Å². The van der Waals surface area contributed by atoms with Gasteiger partial charge in [-0.05, 0) is 31.2 Å². The molecule has 2 fully saturated rings. The standard InChI is InChI=1S/C15H21N3O/c1-16-13-10-17-8-6-12(13)15(19)18-9-7-11-4-2-3-5-14(11)18/h6,8,10-11,14,16H,2-5,7,9H2,1H3. The van der Waals surface area contributed by atoms with Crippen LogP contribution in [0.3, 0.4) is 0 Å². The number of hydrogen-bond acceptors (Lipinski definition) is 3. The van der Waals surface area contributed by atoms with Crippen molar-refractivity contribution in [3.05, 3.63) is 24.0 Å². The van der Waals surface area contributed by atoms with Gasteiger partial charge in [-0.15, -0.1) is 0 Å². The molecule has 1 amide bonds. The van der Waals surface area contributed by atoms with Gasteiger partial charge in [-0.1, -0.05) is 12.8 Å². The maximum absolute atomic E-state index is 12.7. The maximum atomic E-state index is 12.7. The number of nitrogens with zero attached hydrogens (tertiary/aromatic N) is 2. The number of carbonyl (C=O) groups excluding carboxylic acids is 1. The number of aromatic nitrogens is 1. The number of nitrogens with one attached hydrogen (secondary N) is 1. The Morgan fingerprint density at radius 3 is 3.05 bits per heavy atom. The molecule has 102 valence electrons. The van der Waals surface area contributed by atoms with Gasteiger partial charge >= 0.3 is 0 Å². The predicted octanol–water partition coefficient (Wildman–Crippen LogP) is 2.53. The van der Waals surface area contributed by atoms with Gasteiger partial charge < -0.3 is 10.2 Å². The zero-order chi connectivity index (χ0) is 13.2. The van der Waals surface area contributed by atoms with Crippen molar-refractivity contribution in [1.29, 1.82) is 0 Å². The van der Waals surface area contributed by atoms with Gasteiger partial charge in [-0.2, -0.15) is 0 Å². The van der Waals surface area contributed by atoms with Gasteiger partial charge in [0.2, 0.25) is 0 Å². The molecule has 0 aromatic carbocycles. The summed E-state index contributed by atoms with van der Waals surface area (Å²) in [5.74, 6) is 0.902. The molecular weight excluding hydrogens is 238 g/mol. The lowest BCUT2D eigenvalue weighted by Gasteiger charge is -2.32. The van der Waals surface area contributed by atoms with Crippen molar-refractivity contribution >= 4 is 11.6 Å². The summed E-state index contributed by atoms with van der Waals surface area (Å²) in [5, 5.41) is 3.06. The first-order chi connectivity index (χ1) is 9.31. The Bertz CT molecular complexity index is 474. The number of likely N-dealkylation sites (tertiary alicyclic amines) is 1. The third-order valence-electron chi connectivity index (χ3n) is 4.59. The second-order valence-electron chi connectivity index (χ2n) is 5.57. The second-order valence-corrected chi connectivity index (χ2v) is 5.57. The average Bonchev–Trinajstić information content (AvgIpc) is 2.90. The summed E-state index contributed by atoms with van der Waals surface area (Å²) in [6.07, 6.45) is 9.67. The molecule has 3 rings (SSSR count). The molecule has 1 aliphatic heterocycles. The molecule has 1 saturated heterocycles. The van der Waals surface area contributed by atoms with E-state index in [1.807, 2.05) is 13.1 Å². The minimum atomic E-state index is 0.168. The van der Waals surface area contributed by atoms with Crippen LogP contribution in [0.25, 0.3) is 0 Å². The number of amides is 1. The van der Waals surface area contributed by atoms with E-state index >= 15 is 0 Å². The van der Waals surface area contributed by atoms with Crippen molar-refractivity contribution in [3.63, 3.8) is 0 Å². The van der Waals surface area contributed by atoms with Gasteiger partial charge in [0, 0.05) is 25.8 Å². The monoisotopic (exact) mass is 259 g/mol. The SMILES string of the molecule is CNc1cnccc1C(=O)N1CCC2CCCCC21. The van der Waals surface area contributed by atoms with E-state index in [0.29, 0.717) is 6.04 Å². The van der Waals surface area contributed by atoms with Crippen molar-refractivity contribution < 1.29 is 4.79 Å². The Labute approximate surface area is 114 Å². The lowest BCUT2D eigenvalue weighted by Crippen LogP contribution is -2.39. The van der Waals surface area contributed by atoms with Crippen LogP contribution < -0.4 is 5.32 Å². The van der Waals surface area contributed by atoms with Crippen LogP contribution in [0.1, 0.15) is 42.5 Å². The average molecular weight is 259 g/mol. The lowest BCUT2D eigenvalue weighted by atomic mass is 9.85. The van der Waals surface area contributed by atoms with Crippen LogP contribution >= 0.6 is 0 Å². The van der Waals surface area contributed by atoms with E-state index in [1.54, 1.807) is 12.4 Å². The summed E-state index contributed by atoms with van der Waals surface area (Å²) in [4.78, 5) is 18.9. The zero-order valence-corrected chi connectivity index (χ0v) is 11.4. The Kier molecular flexibility index (Phi) is 3.40. The highest BCUT2D eigenvalue weighted by atomic mass is 16.2. The normalized spacial score (nSPS) is 26.1. The van der Waals surface area contributed by atoms with E-state index in [-0.39, 0.29) is 5.91 Å². The van der Waals surface area contributed by atoms with Gasteiger partial charge in [0.1, 0.15) is 0 Å². The number of anilines is 1. The van der Waals surface area contributed by atoms with Crippen molar-refractivity contribution in [3.8, 4) is 0 Å². The van der Waals surface area contributed by atoms with Crippen LogP contribution in [-0.2, 0) is 0 Å². The Hall–Kier alpha value is -1.58. The topological polar surface area (TPSA) is 45.2 Å². The van der Waals surface area contributed by atoms with E-state index < -0.39 is 0 Å². The highest BCUT2D eigenvalue weighted by Gasteiger charge is 2.38. The molecule has 4 nitrogen and oxygen atoms in total. The summed E-state index contributed by atoms with van der Waals surface area (Å²) in [6, 6.07) is 2.30. The van der Waals surface area contributed by atoms with Gasteiger partial charge in [0.15, 0.2) is 0 Å². The number of pyridine rings is 1. The summed E-state index contributed by atoms with van der Waals surface area (Å²) >= 11 is 0. The van der Waals surface area contributed by atoms with E-state index in [1.165, 1.54) is 32.1 Å². The first-order valence-electron chi connectivity index (χ1n) is 7.24. The molecule has 2 heterocycles. The van der Waals surface area contributed by atoms with Crippen molar-refractivity contribution in [2.75, 3.05) is 18.9 Å². The molecule has 0 spiro atoms. The molecule has 0 bridgehead atoms. The Morgan fingerprint density at radius 1 is 1.37 bits per heavy atom. The minimum absolute atomic E-state index is 0.168. The summed E-state index contributed by atoms with van der Waals surface area (Å²) in [6.45, 7) is 0.916. The fraction of sp³-hybridized carbons (Fsp3) is 0.600. The maximum Gasteiger partial charge on any atom is 0.256 e. The quantitative estimate of drug-likeness (QED) is 0.887. The van der Waals surface area contributed by atoms with Crippen LogP contribution in [0.15, 0.2) is 18.5 Å². The van der Waals surface area contributed by atoms with Crippen molar-refractivity contribution in [1.82, 2.24) is 9.88 Å². The Morgan fingerprint density at radius 2 is 2.21 bits per heavy atom. The predicted molar refractivity (Wildman–Crippen MR) is 75.2 cm³/mol. The smallest absolute Gasteiger partial charge is 0.256 e. The molecule has 1 N–H and O–H groups in total. The van der Waals surface area contributed by atoms with E-state index in [9.17, 15) is 4.79 Å². The van der Waals surface area contributed by atoms with Crippen LogP contribution in [0, 0.1) is 5.92 Å². The number of carbonyl (C=O) groups is 1. The number of rotatable bonds is 2. The lowest BCUT2D eigenvalue weighted by molar-refractivity contribution is 0.0691. The molecule has 0 radical (unpaired) electrons. The minimum Gasteiger partial charge on any atom is -0.386 e. The third-order valence-corrected chi connectivity index (χ3v) is 4.59. The van der Waals surface area contributed by atoms with Gasteiger partial charge in [-0.3, -0.25) is 9.78 Å². The van der Waals surface area contributed by atoms with E-state index in [4.69, 9.17) is 0 Å². The van der Waals surface area contributed by atoms with E-state index in [2.05, 4.69) is 15.2 Å². The molecule has 1 aromatic heterocycles. The third kappa shape index (κ3) is 2.20. The van der Waals surface area contributed by atoms with Crippen LogP contribution in [0.2, 0.25) is 0 Å². The highest BCUT2D eigenvalue weighted by molar-refractivity contribution is 5.99. The fourth-order valence-corrected chi connectivity index (χ4v) is 3.59. The summed E-state index contributed by atoms with van der Waals surface area (Å²) in [7, 11) is 1.83. The molecule has 4 heteroatoms. The van der Waals surface area contributed by atoms with Gasteiger partial charge in [0.25, 0.3) is 5.91 Å². The first kappa shape index (κ1) is 12.5. The fourth-order valence-electron chi connectivity index (χ4n) is 3.59. The zero-order valence-electron chi connectivity index (χ0n) is 11.4. The Balaban J connectivity index is 1.84. The second kappa shape index (κ2) is 5.19. The molecule has 1 aromatic rings. The molecule has 2 atom stereocenters. The molecular formula is C15H21N3O. The number of fused-ring (bicyclic) bond motifs is 1. The van der Waals surface area contributed by atoms with Gasteiger partial charge in [0.05, 0.1) is 17.4 Å². The van der Waals surface area contributed by atoms with Crippen molar-refractivity contribution in [2.45, 2.75) is 38.1 Å². The van der Waals surface area contributed by atoms with Crippen LogP contribution in [0.4, 0.5) is 5.69 Å². The summed E-state index contributed by atoms with van der Waals surface area (Å²) < 4.78 is 0. The molecule has 2 unspecified atom stereocenters.